The summed E-state index contributed by atoms with van der Waals surface area (Å²) >= 11 is 0. The van der Waals surface area contributed by atoms with Crippen molar-refractivity contribution in [2.45, 2.75) is 13.0 Å². The van der Waals surface area contributed by atoms with Crippen LogP contribution in [0.2, 0.25) is 0 Å². The van der Waals surface area contributed by atoms with Crippen LogP contribution < -0.4 is 10.6 Å². The highest BCUT2D eigenvalue weighted by molar-refractivity contribution is 5.53. The molecular weight excluding hydrogens is 207 g/mol. The molecule has 0 aliphatic rings. The highest BCUT2D eigenvalue weighted by Gasteiger charge is 2.09. The van der Waals surface area contributed by atoms with Crippen molar-refractivity contribution in [3.63, 3.8) is 0 Å². The average Bonchev–Trinajstić information content (AvgIpc) is 2.29. The van der Waals surface area contributed by atoms with Crippen molar-refractivity contribution in [3.05, 3.63) is 29.6 Å². The molecule has 0 saturated carbocycles. The fourth-order valence-corrected chi connectivity index (χ4v) is 1.67. The molecule has 0 aliphatic carbocycles. The first-order valence-corrected chi connectivity index (χ1v) is 5.38. The van der Waals surface area contributed by atoms with Gasteiger partial charge in [-0.25, -0.2) is 4.39 Å². The predicted molar refractivity (Wildman–Crippen MR) is 64.1 cm³/mol. The van der Waals surface area contributed by atoms with Gasteiger partial charge in [0.25, 0.3) is 0 Å². The zero-order valence-electron chi connectivity index (χ0n) is 9.87. The fourth-order valence-electron chi connectivity index (χ4n) is 1.67. The van der Waals surface area contributed by atoms with Crippen LogP contribution in [-0.2, 0) is 11.3 Å². The molecule has 1 aromatic rings. The van der Waals surface area contributed by atoms with E-state index in [1.54, 1.807) is 13.2 Å². The summed E-state index contributed by atoms with van der Waals surface area (Å²) in [6.45, 7) is 1.75. The summed E-state index contributed by atoms with van der Waals surface area (Å²) in [4.78, 5) is 2.00. The molecule has 0 bridgehead atoms. The van der Waals surface area contributed by atoms with Crippen LogP contribution in [0.1, 0.15) is 12.0 Å². The van der Waals surface area contributed by atoms with Crippen LogP contribution in [0.3, 0.4) is 0 Å². The van der Waals surface area contributed by atoms with E-state index in [0.29, 0.717) is 12.2 Å². The largest absolute Gasteiger partial charge is 0.385 e. The van der Waals surface area contributed by atoms with Crippen LogP contribution in [0.5, 0.6) is 0 Å². The molecule has 0 amide bonds. The number of nitrogens with zero attached hydrogens (tertiary/aromatic N) is 1. The van der Waals surface area contributed by atoms with E-state index in [1.807, 2.05) is 18.0 Å². The van der Waals surface area contributed by atoms with Gasteiger partial charge in [-0.15, -0.1) is 0 Å². The Bertz CT molecular complexity index is 331. The highest BCUT2D eigenvalue weighted by atomic mass is 19.1. The second-order valence-electron chi connectivity index (χ2n) is 3.71. The first-order chi connectivity index (χ1) is 7.70. The molecule has 0 atom stereocenters. The number of methoxy groups -OCH3 is 1. The highest BCUT2D eigenvalue weighted by Crippen LogP contribution is 2.21. The number of anilines is 1. The van der Waals surface area contributed by atoms with Gasteiger partial charge in [0.1, 0.15) is 5.82 Å². The maximum absolute atomic E-state index is 13.5. The molecule has 2 N–H and O–H groups in total. The van der Waals surface area contributed by atoms with Crippen LogP contribution in [0.25, 0.3) is 0 Å². The number of rotatable bonds is 6. The molecule has 0 saturated heterocycles. The average molecular weight is 226 g/mol. The Morgan fingerprint density at radius 3 is 2.81 bits per heavy atom. The molecule has 1 aromatic carbocycles. The van der Waals surface area contributed by atoms with Gasteiger partial charge in [0.05, 0.1) is 0 Å². The van der Waals surface area contributed by atoms with Gasteiger partial charge in [0, 0.05) is 45.1 Å². The van der Waals surface area contributed by atoms with Gasteiger partial charge in [-0.2, -0.15) is 0 Å². The van der Waals surface area contributed by atoms with Crippen molar-refractivity contribution in [1.29, 1.82) is 0 Å². The van der Waals surface area contributed by atoms with Gasteiger partial charge >= 0.3 is 0 Å². The lowest BCUT2D eigenvalue weighted by molar-refractivity contribution is 0.196. The normalized spacial score (nSPS) is 10.5. The van der Waals surface area contributed by atoms with Gasteiger partial charge in [0.2, 0.25) is 0 Å². The standard InChI is InChI=1S/C12H19FN2O/c1-15(7-4-8-16-2)12-6-3-5-11(13)10(12)9-14/h3,5-6H,4,7-9,14H2,1-2H3. The van der Waals surface area contributed by atoms with Gasteiger partial charge in [0.15, 0.2) is 0 Å². The smallest absolute Gasteiger partial charge is 0.129 e. The second kappa shape index (κ2) is 6.45. The van der Waals surface area contributed by atoms with Gasteiger partial charge in [-0.1, -0.05) is 6.07 Å². The van der Waals surface area contributed by atoms with E-state index in [1.165, 1.54) is 6.07 Å². The van der Waals surface area contributed by atoms with Crippen molar-refractivity contribution in [1.82, 2.24) is 0 Å². The van der Waals surface area contributed by atoms with E-state index in [2.05, 4.69) is 0 Å². The molecule has 0 radical (unpaired) electrons. The van der Waals surface area contributed by atoms with Crippen LogP contribution >= 0.6 is 0 Å². The Kier molecular flexibility index (Phi) is 5.22. The van der Waals surface area contributed by atoms with Crippen LogP contribution in [0.4, 0.5) is 10.1 Å². The van der Waals surface area contributed by atoms with Crippen molar-refractivity contribution < 1.29 is 9.13 Å². The zero-order valence-corrected chi connectivity index (χ0v) is 9.87. The third-order valence-corrected chi connectivity index (χ3v) is 2.55. The Morgan fingerprint density at radius 1 is 1.44 bits per heavy atom. The number of hydrogen-bond donors (Lipinski definition) is 1. The molecule has 4 heteroatoms. The van der Waals surface area contributed by atoms with E-state index in [0.717, 1.165) is 18.7 Å². The van der Waals surface area contributed by atoms with Gasteiger partial charge in [-0.05, 0) is 18.6 Å². The SMILES string of the molecule is COCCCN(C)c1cccc(F)c1CN. The van der Waals surface area contributed by atoms with E-state index < -0.39 is 0 Å². The van der Waals surface area contributed by atoms with Gasteiger partial charge in [-0.3, -0.25) is 0 Å². The lowest BCUT2D eigenvalue weighted by Crippen LogP contribution is -2.22. The molecule has 0 aliphatic heterocycles. The zero-order chi connectivity index (χ0) is 12.0. The minimum Gasteiger partial charge on any atom is -0.385 e. The number of nitrogens with two attached hydrogens (primary N) is 1. The van der Waals surface area contributed by atoms with Crippen LogP contribution in [-0.4, -0.2) is 27.3 Å². The Labute approximate surface area is 96.0 Å². The molecule has 0 aromatic heterocycles. The van der Waals surface area contributed by atoms with Crippen molar-refractivity contribution in [2.75, 3.05) is 32.2 Å². The van der Waals surface area contributed by atoms with E-state index in [9.17, 15) is 4.39 Å². The molecule has 1 rings (SSSR count). The topological polar surface area (TPSA) is 38.5 Å². The van der Waals surface area contributed by atoms with E-state index in [4.69, 9.17) is 10.5 Å². The lowest BCUT2D eigenvalue weighted by atomic mass is 10.1. The Morgan fingerprint density at radius 2 is 2.19 bits per heavy atom. The molecular formula is C12H19FN2O. The van der Waals surface area contributed by atoms with Crippen molar-refractivity contribution in [3.8, 4) is 0 Å². The third kappa shape index (κ3) is 3.18. The molecule has 16 heavy (non-hydrogen) atoms. The summed E-state index contributed by atoms with van der Waals surface area (Å²) in [5, 5.41) is 0. The van der Waals surface area contributed by atoms with Crippen molar-refractivity contribution >= 4 is 5.69 Å². The Hall–Kier alpha value is -1.13. The number of halogens is 1. The molecule has 90 valence electrons. The Balaban J connectivity index is 2.74. The van der Waals surface area contributed by atoms with E-state index in [-0.39, 0.29) is 12.4 Å². The maximum atomic E-state index is 13.5. The monoisotopic (exact) mass is 226 g/mol. The quantitative estimate of drug-likeness (QED) is 0.751. The number of benzene rings is 1. The van der Waals surface area contributed by atoms with Crippen LogP contribution in [0.15, 0.2) is 18.2 Å². The summed E-state index contributed by atoms with van der Waals surface area (Å²) in [6, 6.07) is 5.03. The first-order valence-electron chi connectivity index (χ1n) is 5.38. The summed E-state index contributed by atoms with van der Waals surface area (Å²) in [6.07, 6.45) is 0.910. The summed E-state index contributed by atoms with van der Waals surface area (Å²) in [5.74, 6) is -0.237. The fraction of sp³-hybridized carbons (Fsp3) is 0.500. The number of hydrogen-bond acceptors (Lipinski definition) is 3. The molecule has 0 spiro atoms. The molecule has 0 unspecified atom stereocenters. The first kappa shape index (κ1) is 12.9. The van der Waals surface area contributed by atoms with Crippen molar-refractivity contribution in [2.24, 2.45) is 5.73 Å². The molecule has 0 fully saturated rings. The number of ether oxygens (including phenoxy) is 1. The minimum absolute atomic E-state index is 0.219. The van der Waals surface area contributed by atoms with E-state index >= 15 is 0 Å². The second-order valence-corrected chi connectivity index (χ2v) is 3.71. The predicted octanol–water partition coefficient (Wildman–Crippen LogP) is 1.76. The summed E-state index contributed by atoms with van der Waals surface area (Å²) < 4.78 is 18.5. The molecule has 0 heterocycles. The van der Waals surface area contributed by atoms with Gasteiger partial charge < -0.3 is 15.4 Å². The maximum Gasteiger partial charge on any atom is 0.129 e. The summed E-state index contributed by atoms with van der Waals surface area (Å²) in [7, 11) is 3.61. The molecule has 3 nitrogen and oxygen atoms in total. The summed E-state index contributed by atoms with van der Waals surface area (Å²) in [5.41, 5.74) is 6.98. The minimum atomic E-state index is -0.237. The third-order valence-electron chi connectivity index (χ3n) is 2.55. The van der Waals surface area contributed by atoms with Crippen LogP contribution in [0, 0.1) is 5.82 Å². The lowest BCUT2D eigenvalue weighted by Gasteiger charge is -2.22.